The molecule has 0 saturated heterocycles. The first-order valence-corrected chi connectivity index (χ1v) is 6.43. The third-order valence-electron chi connectivity index (χ3n) is 3.90. The van der Waals surface area contributed by atoms with Gasteiger partial charge in [-0.2, -0.15) is 0 Å². The topological polar surface area (TPSA) is 16.6 Å². The van der Waals surface area contributed by atoms with E-state index in [1.807, 2.05) is 0 Å². The molecule has 2 aromatic carbocycles. The van der Waals surface area contributed by atoms with Crippen LogP contribution in [0.25, 0.3) is 10.8 Å². The van der Waals surface area contributed by atoms with Crippen LogP contribution in [0.2, 0.25) is 0 Å². The summed E-state index contributed by atoms with van der Waals surface area (Å²) in [6.45, 7) is 7.00. The van der Waals surface area contributed by atoms with E-state index in [1.54, 1.807) is 5.56 Å². The van der Waals surface area contributed by atoms with Crippen molar-refractivity contribution >= 4 is 10.8 Å². The van der Waals surface area contributed by atoms with Gasteiger partial charge in [0.2, 0.25) is 0 Å². The van der Waals surface area contributed by atoms with E-state index in [-0.39, 0.29) is 0 Å². The van der Waals surface area contributed by atoms with Crippen LogP contribution in [0.15, 0.2) is 36.4 Å². The summed E-state index contributed by atoms with van der Waals surface area (Å²) in [6, 6.07) is 13.9. The van der Waals surface area contributed by atoms with Crippen molar-refractivity contribution in [3.63, 3.8) is 0 Å². The van der Waals surface area contributed by atoms with Crippen molar-refractivity contribution in [1.82, 2.24) is 0 Å². The number of rotatable bonds is 0. The number of quaternary nitrogens is 1. The number of hydrogen-bond acceptors (Lipinski definition) is 0. The van der Waals surface area contributed by atoms with E-state index in [2.05, 4.69) is 62.5 Å². The van der Waals surface area contributed by atoms with Crippen LogP contribution in [0.3, 0.4) is 0 Å². The minimum absolute atomic E-state index is 0.316. The smallest absolute Gasteiger partial charge is 0.109 e. The van der Waals surface area contributed by atoms with Crippen LogP contribution in [0, 0.1) is 0 Å². The molecule has 0 aromatic heterocycles. The number of benzene rings is 2. The molecule has 3 rings (SSSR count). The SMILES string of the molecule is C[C@@H]1[NH2+]C(C)(C)Cc2c1ccc1ccccc21. The fourth-order valence-corrected chi connectivity index (χ4v) is 3.26. The average Bonchev–Trinajstić information content (AvgIpc) is 2.27. The van der Waals surface area contributed by atoms with E-state index in [0.29, 0.717) is 11.6 Å². The zero-order valence-electron chi connectivity index (χ0n) is 10.8. The van der Waals surface area contributed by atoms with Crippen LogP contribution in [0.4, 0.5) is 0 Å². The van der Waals surface area contributed by atoms with Crippen LogP contribution in [0.5, 0.6) is 0 Å². The van der Waals surface area contributed by atoms with E-state index in [0.717, 1.165) is 6.42 Å². The predicted octanol–water partition coefficient (Wildman–Crippen LogP) is 2.80. The van der Waals surface area contributed by atoms with Gasteiger partial charge in [0.25, 0.3) is 0 Å². The Bertz CT molecular complexity index is 569. The molecule has 0 spiro atoms. The maximum atomic E-state index is 2.49. The van der Waals surface area contributed by atoms with E-state index in [1.165, 1.54) is 16.3 Å². The molecule has 0 aliphatic carbocycles. The molecule has 1 aliphatic rings. The first-order valence-electron chi connectivity index (χ1n) is 6.43. The van der Waals surface area contributed by atoms with Crippen molar-refractivity contribution in [2.45, 2.75) is 38.8 Å². The molecule has 0 fully saturated rings. The summed E-state index contributed by atoms with van der Waals surface area (Å²) in [5.74, 6) is 0. The largest absolute Gasteiger partial charge is 0.336 e. The Hall–Kier alpha value is -1.34. The highest BCUT2D eigenvalue weighted by Gasteiger charge is 2.33. The molecule has 0 radical (unpaired) electrons. The Morgan fingerprint density at radius 2 is 1.88 bits per heavy atom. The monoisotopic (exact) mass is 226 g/mol. The molecule has 0 bridgehead atoms. The second-order valence-corrected chi connectivity index (χ2v) is 5.98. The van der Waals surface area contributed by atoms with Crippen molar-refractivity contribution in [3.05, 3.63) is 47.5 Å². The number of hydrogen-bond donors (Lipinski definition) is 1. The van der Waals surface area contributed by atoms with Crippen molar-refractivity contribution in [2.75, 3.05) is 0 Å². The summed E-state index contributed by atoms with van der Waals surface area (Å²) >= 11 is 0. The molecule has 2 aromatic rings. The van der Waals surface area contributed by atoms with Gasteiger partial charge in [-0.05, 0) is 37.1 Å². The summed E-state index contributed by atoms with van der Waals surface area (Å²) in [4.78, 5) is 0. The maximum Gasteiger partial charge on any atom is 0.109 e. The van der Waals surface area contributed by atoms with E-state index < -0.39 is 0 Å². The zero-order chi connectivity index (χ0) is 12.0. The summed E-state index contributed by atoms with van der Waals surface area (Å²) in [5.41, 5.74) is 3.39. The number of fused-ring (bicyclic) bond motifs is 3. The van der Waals surface area contributed by atoms with Crippen molar-refractivity contribution in [3.8, 4) is 0 Å². The Balaban J connectivity index is 2.28. The molecule has 1 heterocycles. The van der Waals surface area contributed by atoms with Crippen molar-refractivity contribution in [1.29, 1.82) is 0 Å². The Morgan fingerprint density at radius 1 is 1.12 bits per heavy atom. The van der Waals surface area contributed by atoms with Gasteiger partial charge in [-0.1, -0.05) is 36.4 Å². The summed E-state index contributed by atoms with van der Waals surface area (Å²) < 4.78 is 0. The normalized spacial score (nSPS) is 22.4. The summed E-state index contributed by atoms with van der Waals surface area (Å²) in [7, 11) is 0. The van der Waals surface area contributed by atoms with Gasteiger partial charge >= 0.3 is 0 Å². The molecule has 0 unspecified atom stereocenters. The van der Waals surface area contributed by atoms with Crippen LogP contribution in [-0.2, 0) is 6.42 Å². The average molecular weight is 226 g/mol. The molecule has 2 N–H and O–H groups in total. The predicted molar refractivity (Wildman–Crippen MR) is 72.1 cm³/mol. The van der Waals surface area contributed by atoms with Gasteiger partial charge in [0.15, 0.2) is 0 Å². The Morgan fingerprint density at radius 3 is 2.71 bits per heavy atom. The van der Waals surface area contributed by atoms with Gasteiger partial charge in [-0.3, -0.25) is 0 Å². The molecular weight excluding hydrogens is 206 g/mol. The van der Waals surface area contributed by atoms with Gasteiger partial charge < -0.3 is 5.32 Å². The fourth-order valence-electron chi connectivity index (χ4n) is 3.26. The van der Waals surface area contributed by atoms with E-state index in [9.17, 15) is 0 Å². The van der Waals surface area contributed by atoms with Crippen molar-refractivity contribution < 1.29 is 5.32 Å². The highest BCUT2D eigenvalue weighted by Crippen LogP contribution is 2.30. The summed E-state index contributed by atoms with van der Waals surface area (Å²) in [5, 5.41) is 5.30. The van der Waals surface area contributed by atoms with Crippen LogP contribution in [-0.4, -0.2) is 5.54 Å². The molecular formula is C16H20N+. The molecule has 1 nitrogen and oxygen atoms in total. The zero-order valence-corrected chi connectivity index (χ0v) is 10.8. The quantitative estimate of drug-likeness (QED) is 0.711. The van der Waals surface area contributed by atoms with Gasteiger partial charge in [-0.25, -0.2) is 0 Å². The standard InChI is InChI=1S/C16H19N/c1-11-13-9-8-12-6-4-5-7-14(12)15(13)10-16(2,3)17-11/h4-9,11,17H,10H2,1-3H3/p+1/t11-/m0/s1. The lowest BCUT2D eigenvalue weighted by molar-refractivity contribution is -0.757. The van der Waals surface area contributed by atoms with Gasteiger partial charge in [-0.15, -0.1) is 0 Å². The third-order valence-corrected chi connectivity index (χ3v) is 3.90. The van der Waals surface area contributed by atoms with Crippen molar-refractivity contribution in [2.24, 2.45) is 0 Å². The molecule has 0 saturated carbocycles. The minimum atomic E-state index is 0.316. The second kappa shape index (κ2) is 3.58. The molecule has 88 valence electrons. The van der Waals surface area contributed by atoms with E-state index >= 15 is 0 Å². The molecule has 1 atom stereocenters. The maximum absolute atomic E-state index is 2.49. The Labute approximate surface area is 103 Å². The van der Waals surface area contributed by atoms with Crippen LogP contribution in [0.1, 0.15) is 37.9 Å². The lowest BCUT2D eigenvalue weighted by Crippen LogP contribution is -2.97. The molecule has 1 aliphatic heterocycles. The second-order valence-electron chi connectivity index (χ2n) is 5.98. The highest BCUT2D eigenvalue weighted by molar-refractivity contribution is 5.87. The van der Waals surface area contributed by atoms with E-state index in [4.69, 9.17) is 0 Å². The minimum Gasteiger partial charge on any atom is -0.336 e. The highest BCUT2D eigenvalue weighted by atomic mass is 15.0. The van der Waals surface area contributed by atoms with Gasteiger partial charge in [0, 0.05) is 12.0 Å². The molecule has 0 amide bonds. The van der Waals surface area contributed by atoms with Crippen LogP contribution >= 0.6 is 0 Å². The lowest BCUT2D eigenvalue weighted by Gasteiger charge is -2.34. The molecule has 17 heavy (non-hydrogen) atoms. The fraction of sp³-hybridized carbons (Fsp3) is 0.375. The number of nitrogens with two attached hydrogens (primary N) is 1. The lowest BCUT2D eigenvalue weighted by atomic mass is 9.82. The van der Waals surface area contributed by atoms with Gasteiger partial charge in [0.05, 0.1) is 5.54 Å². The van der Waals surface area contributed by atoms with Gasteiger partial charge in [0.1, 0.15) is 6.04 Å². The molecule has 1 heteroatoms. The first kappa shape index (κ1) is 10.8. The van der Waals surface area contributed by atoms with Crippen LogP contribution < -0.4 is 5.32 Å². The summed E-state index contributed by atoms with van der Waals surface area (Å²) in [6.07, 6.45) is 1.16. The Kier molecular flexibility index (Phi) is 2.27. The third kappa shape index (κ3) is 1.75. The first-order chi connectivity index (χ1) is 8.07.